The van der Waals surface area contributed by atoms with Crippen LogP contribution in [0, 0.1) is 11.8 Å². The molecule has 6 nitrogen and oxygen atoms in total. The van der Waals surface area contributed by atoms with Gasteiger partial charge in [0.1, 0.15) is 0 Å². The van der Waals surface area contributed by atoms with Crippen molar-refractivity contribution in [1.29, 1.82) is 0 Å². The molecule has 1 aliphatic carbocycles. The fraction of sp³-hybridized carbons (Fsp3) is 0.680. The SMILES string of the molecule is O=C(CCc1ccc(CC2CCN(C(=O)NCC3CCCO3)CC2)cc1)NCC1CC1. The van der Waals surface area contributed by atoms with E-state index in [9.17, 15) is 9.59 Å². The van der Waals surface area contributed by atoms with E-state index in [0.29, 0.717) is 18.9 Å². The Labute approximate surface area is 186 Å². The van der Waals surface area contributed by atoms with E-state index in [2.05, 4.69) is 34.9 Å². The molecule has 0 spiro atoms. The number of carbonyl (C=O) groups is 2. The molecule has 4 rings (SSSR count). The van der Waals surface area contributed by atoms with Crippen LogP contribution in [0.5, 0.6) is 0 Å². The van der Waals surface area contributed by atoms with Crippen LogP contribution in [0.2, 0.25) is 0 Å². The van der Waals surface area contributed by atoms with Crippen LogP contribution in [0.3, 0.4) is 0 Å². The number of hydrogen-bond donors (Lipinski definition) is 2. The number of carbonyl (C=O) groups excluding carboxylic acids is 2. The smallest absolute Gasteiger partial charge is 0.317 e. The van der Waals surface area contributed by atoms with Crippen LogP contribution >= 0.6 is 0 Å². The first-order chi connectivity index (χ1) is 15.2. The molecule has 1 aromatic carbocycles. The van der Waals surface area contributed by atoms with Crippen molar-refractivity contribution >= 4 is 11.9 Å². The molecule has 1 atom stereocenters. The Balaban J connectivity index is 1.12. The van der Waals surface area contributed by atoms with Crippen LogP contribution in [0.25, 0.3) is 0 Å². The minimum Gasteiger partial charge on any atom is -0.376 e. The number of rotatable bonds is 9. The van der Waals surface area contributed by atoms with E-state index < -0.39 is 0 Å². The second-order valence-electron chi connectivity index (χ2n) is 9.52. The molecule has 3 fully saturated rings. The van der Waals surface area contributed by atoms with Crippen molar-refractivity contribution in [2.24, 2.45) is 11.8 Å². The van der Waals surface area contributed by atoms with Gasteiger partial charge >= 0.3 is 6.03 Å². The molecule has 6 heteroatoms. The fourth-order valence-electron chi connectivity index (χ4n) is 4.56. The van der Waals surface area contributed by atoms with Gasteiger partial charge in [-0.3, -0.25) is 4.79 Å². The van der Waals surface area contributed by atoms with Crippen LogP contribution in [0.1, 0.15) is 56.1 Å². The summed E-state index contributed by atoms with van der Waals surface area (Å²) < 4.78 is 5.58. The molecule has 31 heavy (non-hydrogen) atoms. The number of urea groups is 1. The molecule has 170 valence electrons. The number of piperidine rings is 1. The number of likely N-dealkylation sites (tertiary alicyclic amines) is 1. The summed E-state index contributed by atoms with van der Waals surface area (Å²) in [5.74, 6) is 1.53. The number of nitrogens with one attached hydrogen (secondary N) is 2. The number of hydrogen-bond acceptors (Lipinski definition) is 3. The van der Waals surface area contributed by atoms with Crippen molar-refractivity contribution in [3.05, 3.63) is 35.4 Å². The van der Waals surface area contributed by atoms with Crippen molar-refractivity contribution in [3.63, 3.8) is 0 Å². The average Bonchev–Trinajstić information content (AvgIpc) is 3.48. The molecule has 0 radical (unpaired) electrons. The second-order valence-corrected chi connectivity index (χ2v) is 9.52. The lowest BCUT2D eigenvalue weighted by atomic mass is 9.90. The molecule has 3 amide bonds. The van der Waals surface area contributed by atoms with Crippen molar-refractivity contribution in [1.82, 2.24) is 15.5 Å². The van der Waals surface area contributed by atoms with E-state index in [-0.39, 0.29) is 18.0 Å². The average molecular weight is 428 g/mol. The highest BCUT2D eigenvalue weighted by Gasteiger charge is 2.24. The Morgan fingerprint density at radius 1 is 0.903 bits per heavy atom. The summed E-state index contributed by atoms with van der Waals surface area (Å²) in [6.45, 7) is 3.97. The summed E-state index contributed by atoms with van der Waals surface area (Å²) in [6, 6.07) is 8.80. The van der Waals surface area contributed by atoms with Gasteiger partial charge in [0.15, 0.2) is 0 Å². The summed E-state index contributed by atoms with van der Waals surface area (Å²) in [4.78, 5) is 26.2. The highest BCUT2D eigenvalue weighted by Crippen LogP contribution is 2.27. The zero-order chi connectivity index (χ0) is 21.5. The maximum Gasteiger partial charge on any atom is 0.317 e. The van der Waals surface area contributed by atoms with Gasteiger partial charge in [0.2, 0.25) is 5.91 Å². The van der Waals surface area contributed by atoms with Gasteiger partial charge in [0, 0.05) is 39.2 Å². The summed E-state index contributed by atoms with van der Waals surface area (Å²) in [5.41, 5.74) is 2.58. The van der Waals surface area contributed by atoms with Gasteiger partial charge in [0.05, 0.1) is 6.10 Å². The van der Waals surface area contributed by atoms with Crippen LogP contribution in [-0.2, 0) is 22.4 Å². The standard InChI is InChI=1S/C25H37N3O3/c29-24(26-17-22-7-8-22)10-9-19-3-5-20(6-4-19)16-21-11-13-28(14-12-21)25(30)27-18-23-2-1-15-31-23/h3-6,21-23H,1-2,7-18H2,(H,26,29)(H,27,30). The number of nitrogens with zero attached hydrogens (tertiary/aromatic N) is 1. The number of benzene rings is 1. The van der Waals surface area contributed by atoms with Crippen LogP contribution in [0.4, 0.5) is 4.79 Å². The van der Waals surface area contributed by atoms with Crippen LogP contribution in [-0.4, -0.2) is 55.7 Å². The molecule has 1 saturated carbocycles. The first-order valence-corrected chi connectivity index (χ1v) is 12.1. The third-order valence-electron chi connectivity index (χ3n) is 6.88. The summed E-state index contributed by atoms with van der Waals surface area (Å²) >= 11 is 0. The highest BCUT2D eigenvalue weighted by molar-refractivity contribution is 5.76. The first-order valence-electron chi connectivity index (χ1n) is 12.1. The molecule has 0 bridgehead atoms. The molecule has 2 N–H and O–H groups in total. The molecule has 2 aliphatic heterocycles. The zero-order valence-corrected chi connectivity index (χ0v) is 18.6. The lowest BCUT2D eigenvalue weighted by molar-refractivity contribution is -0.121. The predicted molar refractivity (Wildman–Crippen MR) is 121 cm³/mol. The molecule has 1 aromatic rings. The maximum absolute atomic E-state index is 12.4. The maximum atomic E-state index is 12.4. The van der Waals surface area contributed by atoms with E-state index in [1.165, 1.54) is 24.0 Å². The minimum atomic E-state index is 0.0551. The van der Waals surface area contributed by atoms with Crippen molar-refractivity contribution < 1.29 is 14.3 Å². The normalized spacial score (nSPS) is 21.8. The third kappa shape index (κ3) is 7.23. The number of aryl methyl sites for hydroxylation is 1. The Hall–Kier alpha value is -2.08. The Bertz CT molecular complexity index is 718. The van der Waals surface area contributed by atoms with Crippen molar-refractivity contribution in [3.8, 4) is 0 Å². The summed E-state index contributed by atoms with van der Waals surface area (Å²) in [6.07, 6.45) is 9.42. The molecular formula is C25H37N3O3. The van der Waals surface area contributed by atoms with Gasteiger partial charge in [-0.25, -0.2) is 4.79 Å². The predicted octanol–water partition coefficient (Wildman–Crippen LogP) is 3.29. The number of ether oxygens (including phenoxy) is 1. The quantitative estimate of drug-likeness (QED) is 0.635. The Kier molecular flexibility index (Phi) is 7.84. The second kappa shape index (κ2) is 11.0. The molecule has 3 aliphatic rings. The van der Waals surface area contributed by atoms with Gasteiger partial charge in [-0.1, -0.05) is 24.3 Å². The lowest BCUT2D eigenvalue weighted by Gasteiger charge is -2.32. The van der Waals surface area contributed by atoms with E-state index in [1.807, 2.05) is 4.90 Å². The third-order valence-corrected chi connectivity index (χ3v) is 6.88. The van der Waals surface area contributed by atoms with Gasteiger partial charge < -0.3 is 20.3 Å². The molecular weight excluding hydrogens is 390 g/mol. The molecule has 2 heterocycles. The molecule has 0 aromatic heterocycles. The summed E-state index contributed by atoms with van der Waals surface area (Å²) in [7, 11) is 0. The largest absolute Gasteiger partial charge is 0.376 e. The van der Waals surface area contributed by atoms with Gasteiger partial charge in [0.25, 0.3) is 0 Å². The fourth-order valence-corrected chi connectivity index (χ4v) is 4.56. The summed E-state index contributed by atoms with van der Waals surface area (Å²) in [5, 5.41) is 6.07. The Morgan fingerprint density at radius 2 is 1.65 bits per heavy atom. The van der Waals surface area contributed by atoms with E-state index in [0.717, 1.165) is 70.7 Å². The highest BCUT2D eigenvalue weighted by atomic mass is 16.5. The van der Waals surface area contributed by atoms with E-state index in [1.54, 1.807) is 0 Å². The molecule has 1 unspecified atom stereocenters. The van der Waals surface area contributed by atoms with Crippen molar-refractivity contribution in [2.75, 3.05) is 32.8 Å². The van der Waals surface area contributed by atoms with Gasteiger partial charge in [-0.05, 0) is 74.3 Å². The minimum absolute atomic E-state index is 0.0551. The Morgan fingerprint density at radius 3 is 2.32 bits per heavy atom. The lowest BCUT2D eigenvalue weighted by Crippen LogP contribution is -2.46. The molecule has 2 saturated heterocycles. The van der Waals surface area contributed by atoms with Gasteiger partial charge in [-0.15, -0.1) is 0 Å². The zero-order valence-electron chi connectivity index (χ0n) is 18.6. The van der Waals surface area contributed by atoms with Crippen molar-refractivity contribution in [2.45, 2.75) is 63.9 Å². The van der Waals surface area contributed by atoms with E-state index in [4.69, 9.17) is 4.74 Å². The van der Waals surface area contributed by atoms with Crippen LogP contribution in [0.15, 0.2) is 24.3 Å². The van der Waals surface area contributed by atoms with Crippen LogP contribution < -0.4 is 10.6 Å². The van der Waals surface area contributed by atoms with Gasteiger partial charge in [-0.2, -0.15) is 0 Å². The van der Waals surface area contributed by atoms with E-state index >= 15 is 0 Å². The number of amides is 3. The first kappa shape index (κ1) is 22.1. The monoisotopic (exact) mass is 427 g/mol. The topological polar surface area (TPSA) is 70.7 Å².